The number of thiophene rings is 3. The molecule has 3 aromatic heterocycles. The number of hydrogen-bond acceptors (Lipinski definition) is 7. The fraction of sp³-hybridized carbons (Fsp3) is 0.571. The van der Waals surface area contributed by atoms with Gasteiger partial charge in [0, 0.05) is 9.75 Å². The van der Waals surface area contributed by atoms with Gasteiger partial charge in [0.05, 0.1) is 19.5 Å². The number of rotatable bonds is 12. The summed E-state index contributed by atoms with van der Waals surface area (Å²) in [6, 6.07) is 4.48. The zero-order valence-electron chi connectivity index (χ0n) is 20.9. The smallest absolute Gasteiger partial charge is 0.181 e. The summed E-state index contributed by atoms with van der Waals surface area (Å²) in [5.74, 6) is 3.87. The molecule has 0 amide bonds. The topological polar surface area (TPSA) is 36.9 Å². The Labute approximate surface area is 221 Å². The van der Waals surface area contributed by atoms with Gasteiger partial charge in [-0.3, -0.25) is 0 Å². The van der Waals surface area contributed by atoms with Crippen molar-refractivity contribution in [1.82, 2.24) is 0 Å². The van der Waals surface area contributed by atoms with Crippen LogP contribution in [-0.4, -0.2) is 26.4 Å². The second-order valence-corrected chi connectivity index (χ2v) is 12.5. The Morgan fingerprint density at radius 3 is 1.40 bits per heavy atom. The van der Waals surface area contributed by atoms with Crippen LogP contribution in [0.4, 0.5) is 0 Å². The highest BCUT2D eigenvalue weighted by Crippen LogP contribution is 2.55. The summed E-state index contributed by atoms with van der Waals surface area (Å²) in [5.41, 5.74) is 0. The zero-order chi connectivity index (χ0) is 24.0. The summed E-state index contributed by atoms with van der Waals surface area (Å²) >= 11 is 5.53. The van der Waals surface area contributed by atoms with E-state index in [1.807, 2.05) is 34.0 Å². The molecule has 0 radical (unpaired) electrons. The minimum absolute atomic E-state index is 0.620. The van der Waals surface area contributed by atoms with Crippen molar-refractivity contribution in [1.29, 1.82) is 0 Å². The molecule has 0 atom stereocenters. The minimum Gasteiger partial charge on any atom is -0.485 e. The highest BCUT2D eigenvalue weighted by molar-refractivity contribution is 7.27. The van der Waals surface area contributed by atoms with Gasteiger partial charge in [0.15, 0.2) is 23.0 Å². The van der Waals surface area contributed by atoms with Gasteiger partial charge in [0.1, 0.15) is 26.4 Å². The molecular formula is C28H36O4S3. The molecule has 0 unspecified atom stereocenters. The number of hydrogen-bond donors (Lipinski definition) is 0. The van der Waals surface area contributed by atoms with Crippen LogP contribution in [0.5, 0.6) is 23.0 Å². The Morgan fingerprint density at radius 1 is 0.543 bits per heavy atom. The third-order valence-corrected chi connectivity index (χ3v) is 10.4. The Morgan fingerprint density at radius 2 is 0.971 bits per heavy atom. The monoisotopic (exact) mass is 532 g/mol. The van der Waals surface area contributed by atoms with Crippen LogP contribution in [0.1, 0.15) is 75.0 Å². The molecule has 7 heteroatoms. The summed E-state index contributed by atoms with van der Waals surface area (Å²) < 4.78 is 24.5. The van der Waals surface area contributed by atoms with Gasteiger partial charge in [0.2, 0.25) is 0 Å². The van der Waals surface area contributed by atoms with Gasteiger partial charge in [-0.15, -0.1) is 34.0 Å². The minimum atomic E-state index is 0.620. The largest absolute Gasteiger partial charge is 0.485 e. The third kappa shape index (κ3) is 5.52. The van der Waals surface area contributed by atoms with Crippen molar-refractivity contribution >= 4 is 34.0 Å². The normalized spacial score (nSPS) is 14.5. The summed E-state index contributed by atoms with van der Waals surface area (Å²) in [7, 11) is 0. The molecule has 0 spiro atoms. The SMILES string of the molecule is CCCCCCc1sc(-c2ccc(-c3sc(CCCCCC)c4c3OCCO4)s2)c2c1OCCO2. The van der Waals surface area contributed by atoms with Crippen LogP contribution in [0, 0.1) is 0 Å². The molecule has 0 fully saturated rings. The number of fused-ring (bicyclic) bond motifs is 2. The lowest BCUT2D eigenvalue weighted by Crippen LogP contribution is -2.15. The molecule has 5 rings (SSSR count). The van der Waals surface area contributed by atoms with E-state index >= 15 is 0 Å². The standard InChI is InChI=1S/C28H36O4S3/c1-3-5-7-9-11-19-23-25(31-17-15-29-23)27(34-19)21-13-14-22(33-21)28-26-24(30-16-18-32-26)20(35-28)12-10-8-6-4-2/h13-14H,3-12,15-18H2,1-2H3. The Bertz CT molecular complexity index is 1030. The van der Waals surface area contributed by atoms with E-state index in [9.17, 15) is 0 Å². The van der Waals surface area contributed by atoms with Crippen LogP contribution < -0.4 is 18.9 Å². The van der Waals surface area contributed by atoms with Crippen LogP contribution in [0.3, 0.4) is 0 Å². The van der Waals surface area contributed by atoms with Crippen molar-refractivity contribution in [2.45, 2.75) is 78.1 Å². The van der Waals surface area contributed by atoms with Gasteiger partial charge < -0.3 is 18.9 Å². The molecule has 2 aliphatic heterocycles. The van der Waals surface area contributed by atoms with Gasteiger partial charge in [-0.05, 0) is 37.8 Å². The first-order chi connectivity index (χ1) is 17.3. The van der Waals surface area contributed by atoms with Crippen molar-refractivity contribution in [3.05, 3.63) is 21.9 Å². The number of aryl methyl sites for hydroxylation is 2. The molecule has 0 aromatic carbocycles. The van der Waals surface area contributed by atoms with Crippen molar-refractivity contribution in [3.8, 4) is 42.5 Å². The fourth-order valence-corrected chi connectivity index (χ4v) is 8.36. The Hall–Kier alpha value is -1.70. The molecule has 190 valence electrons. The molecule has 0 aliphatic carbocycles. The van der Waals surface area contributed by atoms with Crippen molar-refractivity contribution in [2.24, 2.45) is 0 Å². The van der Waals surface area contributed by atoms with Crippen LogP contribution in [0.25, 0.3) is 19.5 Å². The molecule has 0 saturated carbocycles. The second kappa shape index (κ2) is 12.0. The summed E-state index contributed by atoms with van der Waals surface area (Å²) in [6.45, 7) is 7.03. The lowest BCUT2D eigenvalue weighted by Gasteiger charge is -2.17. The quantitative estimate of drug-likeness (QED) is 0.218. The molecule has 35 heavy (non-hydrogen) atoms. The van der Waals surface area contributed by atoms with E-state index in [4.69, 9.17) is 18.9 Å². The summed E-state index contributed by atoms with van der Waals surface area (Å²) in [4.78, 5) is 7.58. The van der Waals surface area contributed by atoms with Crippen LogP contribution in [-0.2, 0) is 12.8 Å². The molecule has 2 aliphatic rings. The first kappa shape index (κ1) is 25.0. The first-order valence-electron chi connectivity index (χ1n) is 13.2. The maximum Gasteiger partial charge on any atom is 0.181 e. The maximum atomic E-state index is 6.14. The average Bonchev–Trinajstić information content (AvgIpc) is 3.60. The molecule has 3 aromatic rings. The van der Waals surface area contributed by atoms with Crippen LogP contribution in [0.2, 0.25) is 0 Å². The number of ether oxygens (including phenoxy) is 4. The molecule has 0 saturated heterocycles. The van der Waals surface area contributed by atoms with Gasteiger partial charge in [0.25, 0.3) is 0 Å². The van der Waals surface area contributed by atoms with E-state index in [0.717, 1.165) is 35.8 Å². The van der Waals surface area contributed by atoms with Crippen LogP contribution in [0.15, 0.2) is 12.1 Å². The van der Waals surface area contributed by atoms with Crippen molar-refractivity contribution < 1.29 is 18.9 Å². The molecular weight excluding hydrogens is 497 g/mol. The van der Waals surface area contributed by atoms with E-state index in [2.05, 4.69) is 26.0 Å². The van der Waals surface area contributed by atoms with Crippen molar-refractivity contribution in [3.63, 3.8) is 0 Å². The lowest BCUT2D eigenvalue weighted by molar-refractivity contribution is 0.172. The molecule has 0 N–H and O–H groups in total. The zero-order valence-corrected chi connectivity index (χ0v) is 23.4. The second-order valence-electron chi connectivity index (χ2n) is 9.20. The van der Waals surface area contributed by atoms with Gasteiger partial charge in [-0.1, -0.05) is 52.4 Å². The average molecular weight is 533 g/mol. The molecule has 0 bridgehead atoms. The highest BCUT2D eigenvalue weighted by atomic mass is 32.1. The van der Waals surface area contributed by atoms with E-state index in [1.54, 1.807) is 0 Å². The predicted octanol–water partition coefficient (Wildman–Crippen LogP) is 8.99. The predicted molar refractivity (Wildman–Crippen MR) is 149 cm³/mol. The van der Waals surface area contributed by atoms with Crippen LogP contribution >= 0.6 is 34.0 Å². The summed E-state index contributed by atoms with van der Waals surface area (Å²) in [6.07, 6.45) is 12.2. The highest BCUT2D eigenvalue weighted by Gasteiger charge is 2.28. The first-order valence-corrected chi connectivity index (χ1v) is 15.7. The van der Waals surface area contributed by atoms with E-state index in [-0.39, 0.29) is 0 Å². The van der Waals surface area contributed by atoms with E-state index in [1.165, 1.54) is 80.6 Å². The molecule has 5 heterocycles. The lowest BCUT2D eigenvalue weighted by atomic mass is 10.1. The van der Waals surface area contributed by atoms with E-state index in [0.29, 0.717) is 26.4 Å². The number of unbranched alkanes of at least 4 members (excludes halogenated alkanes) is 6. The van der Waals surface area contributed by atoms with Gasteiger partial charge in [-0.2, -0.15) is 0 Å². The van der Waals surface area contributed by atoms with Gasteiger partial charge in [-0.25, -0.2) is 0 Å². The third-order valence-electron chi connectivity index (χ3n) is 6.50. The maximum absolute atomic E-state index is 6.14. The Kier molecular flexibility index (Phi) is 8.58. The Balaban J connectivity index is 1.40. The van der Waals surface area contributed by atoms with Crippen molar-refractivity contribution in [2.75, 3.05) is 26.4 Å². The van der Waals surface area contributed by atoms with E-state index < -0.39 is 0 Å². The van der Waals surface area contributed by atoms with Gasteiger partial charge >= 0.3 is 0 Å². The summed E-state index contributed by atoms with van der Waals surface area (Å²) in [5, 5.41) is 0. The fourth-order valence-electron chi connectivity index (χ4n) is 4.68. The molecule has 4 nitrogen and oxygen atoms in total.